The molecular formula is C23H35N9O14P2S. The van der Waals surface area contributed by atoms with Crippen LogP contribution in [0.15, 0.2) is 28.2 Å². The van der Waals surface area contributed by atoms with Crippen LogP contribution in [-0.4, -0.2) is 126 Å². The van der Waals surface area contributed by atoms with Crippen LogP contribution in [0.1, 0.15) is 12.5 Å². The summed E-state index contributed by atoms with van der Waals surface area (Å²) in [6, 6.07) is 1.29. The third-order valence-electron chi connectivity index (χ3n) is 7.43. The normalized spacial score (nSPS) is 28.7. The number of rotatable bonds is 15. The Bertz CT molecular complexity index is 1840. The Balaban J connectivity index is 1.42. The van der Waals surface area contributed by atoms with Crippen molar-refractivity contribution in [3.8, 4) is 0 Å². The number of nitrogens with two attached hydrogens (primary N) is 2. The molecule has 49 heavy (non-hydrogen) atoms. The Morgan fingerprint density at radius 1 is 1.04 bits per heavy atom. The first kappa shape index (κ1) is 37.5. The number of aliphatic hydroxyl groups is 2. The van der Waals surface area contributed by atoms with Crippen molar-refractivity contribution in [1.82, 2.24) is 34.2 Å². The van der Waals surface area contributed by atoms with Crippen LogP contribution in [0.5, 0.6) is 0 Å². The second kappa shape index (κ2) is 15.2. The van der Waals surface area contributed by atoms with E-state index in [9.17, 15) is 34.2 Å². The average Bonchev–Trinajstić information content (AvgIpc) is 3.68. The van der Waals surface area contributed by atoms with Crippen molar-refractivity contribution >= 4 is 49.2 Å². The minimum absolute atomic E-state index is 0.00315. The lowest BCUT2D eigenvalue weighted by Crippen LogP contribution is -2.39. The Kier molecular flexibility index (Phi) is 11.6. The molecule has 0 aromatic carbocycles. The first-order valence-corrected chi connectivity index (χ1v) is 18.5. The van der Waals surface area contributed by atoms with Crippen molar-refractivity contribution in [2.24, 2.45) is 0 Å². The molecule has 0 spiro atoms. The van der Waals surface area contributed by atoms with Gasteiger partial charge in [-0.25, -0.2) is 19.4 Å². The van der Waals surface area contributed by atoms with Crippen molar-refractivity contribution in [1.29, 1.82) is 0 Å². The van der Waals surface area contributed by atoms with Gasteiger partial charge in [-0.05, 0) is 17.9 Å². The number of imidazole rings is 1. The van der Waals surface area contributed by atoms with E-state index >= 15 is 0 Å². The molecule has 0 amide bonds. The van der Waals surface area contributed by atoms with Gasteiger partial charge in [0, 0.05) is 27.0 Å². The highest BCUT2D eigenvalue weighted by Crippen LogP contribution is 2.50. The Morgan fingerprint density at radius 3 is 2.43 bits per heavy atom. The summed E-state index contributed by atoms with van der Waals surface area (Å²) in [4.78, 5) is 58.4. The maximum Gasteiger partial charge on any atom is 0.406 e. The fourth-order valence-corrected chi connectivity index (χ4v) is 7.22. The summed E-state index contributed by atoms with van der Waals surface area (Å²) in [7, 11) is -1.83. The number of ether oxygens (including phenoxy) is 4. The molecule has 2 saturated heterocycles. The van der Waals surface area contributed by atoms with Crippen LogP contribution in [-0.2, 0) is 48.9 Å². The zero-order valence-corrected chi connectivity index (χ0v) is 28.3. The van der Waals surface area contributed by atoms with E-state index in [2.05, 4.69) is 36.8 Å². The first-order chi connectivity index (χ1) is 23.1. The summed E-state index contributed by atoms with van der Waals surface area (Å²) in [6.07, 6.45) is -8.58. The van der Waals surface area contributed by atoms with Crippen molar-refractivity contribution < 1.29 is 57.1 Å². The molecule has 0 radical (unpaired) electrons. The number of aromatic nitrogens is 6. The van der Waals surface area contributed by atoms with Gasteiger partial charge in [-0.1, -0.05) is 0 Å². The van der Waals surface area contributed by atoms with Gasteiger partial charge in [0.05, 0.1) is 26.1 Å². The van der Waals surface area contributed by atoms with Crippen molar-refractivity contribution in [2.45, 2.75) is 49.1 Å². The lowest BCUT2D eigenvalue weighted by atomic mass is 10.1. The molecule has 5 rings (SSSR count). The van der Waals surface area contributed by atoms with Crippen LogP contribution in [0.3, 0.4) is 0 Å². The highest BCUT2D eigenvalue weighted by molar-refractivity contribution is 8.06. The van der Waals surface area contributed by atoms with Gasteiger partial charge >= 0.3 is 20.2 Å². The van der Waals surface area contributed by atoms with E-state index in [4.69, 9.17) is 44.0 Å². The van der Waals surface area contributed by atoms with E-state index in [1.807, 2.05) is 0 Å². The second-order valence-electron chi connectivity index (χ2n) is 10.7. The quantitative estimate of drug-likeness (QED) is 0.0567. The van der Waals surface area contributed by atoms with Gasteiger partial charge in [-0.15, -0.1) is 0 Å². The number of aromatic amines is 1. The smallest absolute Gasteiger partial charge is 0.387 e. The summed E-state index contributed by atoms with van der Waals surface area (Å²) in [6.45, 7) is -5.52. The minimum atomic E-state index is -4.50. The monoisotopic (exact) mass is 755 g/mol. The first-order valence-electron chi connectivity index (χ1n) is 14.3. The van der Waals surface area contributed by atoms with Gasteiger partial charge in [-0.2, -0.15) is 9.97 Å². The summed E-state index contributed by atoms with van der Waals surface area (Å²) < 4.78 is 55.7. The number of nitrogen functional groups attached to an aromatic ring is 2. The molecule has 3 aromatic rings. The Labute approximate surface area is 280 Å². The number of H-pyrrole nitrogens is 1. The van der Waals surface area contributed by atoms with Crippen LogP contribution in [0.25, 0.3) is 11.2 Å². The third kappa shape index (κ3) is 8.41. The third-order valence-corrected chi connectivity index (χ3v) is 9.86. The lowest BCUT2D eigenvalue weighted by Gasteiger charge is -2.29. The molecule has 0 aliphatic carbocycles. The number of nitrogens with zero attached hydrogens (tertiary/aromatic N) is 5. The predicted octanol–water partition coefficient (Wildman–Crippen LogP) is -2.96. The SMILES string of the molecule is COCCN[P@@](=O)(OC[C@H]1O[C@@H](n2ccc(N)nc2=O)[C@H](O)[C@@H]1O)O[C@H]1[C@@H](OC)[C@H](n2cnc3c(=O)[nH]c(N)nc32)O[C@@H]1COP(O)(O)=S. The number of methoxy groups -OCH3 is 2. The van der Waals surface area contributed by atoms with Crippen molar-refractivity contribution in [3.05, 3.63) is 39.4 Å². The number of hydrogen-bond acceptors (Lipinski definition) is 18. The number of aliphatic hydroxyl groups excluding tert-OH is 2. The summed E-state index contributed by atoms with van der Waals surface area (Å²) in [5, 5.41) is 24.0. The molecule has 0 unspecified atom stereocenters. The molecule has 10 N–H and O–H groups in total. The van der Waals surface area contributed by atoms with Crippen molar-refractivity contribution in [3.63, 3.8) is 0 Å². The van der Waals surface area contributed by atoms with E-state index in [0.29, 0.717) is 0 Å². The molecule has 0 saturated carbocycles. The molecule has 2 fully saturated rings. The summed E-state index contributed by atoms with van der Waals surface area (Å²) >= 11 is 4.58. The molecule has 9 atom stereocenters. The van der Waals surface area contributed by atoms with Crippen LogP contribution in [0, 0.1) is 0 Å². The molecule has 0 bridgehead atoms. The summed E-state index contributed by atoms with van der Waals surface area (Å²) in [5.74, 6) is -0.291. The highest BCUT2D eigenvalue weighted by Gasteiger charge is 2.52. The maximum atomic E-state index is 14.3. The van der Waals surface area contributed by atoms with Gasteiger partial charge in [0.1, 0.15) is 42.4 Å². The van der Waals surface area contributed by atoms with Gasteiger partial charge in [0.2, 0.25) is 5.95 Å². The Hall–Kier alpha value is -2.77. The van der Waals surface area contributed by atoms with Gasteiger partial charge in [0.25, 0.3) is 5.56 Å². The zero-order chi connectivity index (χ0) is 35.7. The van der Waals surface area contributed by atoms with E-state index in [0.717, 1.165) is 4.57 Å². The van der Waals surface area contributed by atoms with Crippen molar-refractivity contribution in [2.75, 3.05) is 52.1 Å². The van der Waals surface area contributed by atoms with Gasteiger partial charge in [-0.3, -0.25) is 28.0 Å². The molecule has 5 heterocycles. The fraction of sp³-hybridized carbons (Fsp3) is 0.609. The Morgan fingerprint density at radius 2 is 1.76 bits per heavy atom. The van der Waals surface area contributed by atoms with Crippen LogP contribution >= 0.6 is 14.5 Å². The summed E-state index contributed by atoms with van der Waals surface area (Å²) in [5.41, 5.74) is 9.69. The van der Waals surface area contributed by atoms with E-state index in [-0.39, 0.29) is 36.1 Å². The van der Waals surface area contributed by atoms with Crippen LogP contribution in [0.4, 0.5) is 11.8 Å². The molecule has 272 valence electrons. The molecule has 2 aliphatic heterocycles. The molecule has 2 aliphatic rings. The number of anilines is 2. The van der Waals surface area contributed by atoms with E-state index in [1.54, 1.807) is 0 Å². The molecular weight excluding hydrogens is 720 g/mol. The number of fused-ring (bicyclic) bond motifs is 1. The van der Waals surface area contributed by atoms with Gasteiger partial charge < -0.3 is 54.9 Å². The van der Waals surface area contributed by atoms with Crippen LogP contribution in [0.2, 0.25) is 0 Å². The number of nitrogens with one attached hydrogen (secondary N) is 2. The number of hydrogen-bond donors (Lipinski definition) is 8. The fourth-order valence-electron chi connectivity index (χ4n) is 5.19. The predicted molar refractivity (Wildman–Crippen MR) is 169 cm³/mol. The molecule has 3 aromatic heterocycles. The standard InChI is InChI=1S/C23H35N9O14P2S/c1-40-6-4-27-47(37,42-7-10-14(33)15(34)20(44-10)31-5-3-12(24)28-23(31)36)46-16-11(8-43-48(38,39)49)45-21(17(16)41-2)32-9-26-13-18(32)29-22(25)30-19(13)35/h3,5,9-11,14-17,20-21,33-34H,4,6-8H2,1-2H3,(H,27,37)(H2,24,28,36)(H2,38,39,49)(H3,25,29,30,35)/t10-,11-,14-,15-,16-,17-,20-,21-,47-/m1/s1. The van der Waals surface area contributed by atoms with E-state index < -0.39 is 88.0 Å². The second-order valence-corrected chi connectivity index (χ2v) is 15.1. The highest BCUT2D eigenvalue weighted by atomic mass is 32.5. The average molecular weight is 756 g/mol. The van der Waals surface area contributed by atoms with E-state index in [1.165, 1.54) is 37.4 Å². The minimum Gasteiger partial charge on any atom is -0.387 e. The molecule has 23 nitrogen and oxygen atoms in total. The molecule has 26 heteroatoms. The lowest BCUT2D eigenvalue weighted by molar-refractivity contribution is -0.0571. The zero-order valence-electron chi connectivity index (χ0n) is 25.7. The largest absolute Gasteiger partial charge is 0.406 e. The van der Waals surface area contributed by atoms with Gasteiger partial charge in [0.15, 0.2) is 23.6 Å². The maximum absolute atomic E-state index is 14.3. The topological polar surface area (TPSA) is 325 Å². The van der Waals surface area contributed by atoms with Crippen LogP contribution < -0.4 is 27.8 Å².